The zero-order valence-corrected chi connectivity index (χ0v) is 16.7. The molecule has 3 rings (SSSR count). The Labute approximate surface area is 166 Å². The minimum atomic E-state index is 0.449. The van der Waals surface area contributed by atoms with Gasteiger partial charge in [0.15, 0.2) is 0 Å². The van der Waals surface area contributed by atoms with Gasteiger partial charge < -0.3 is 0 Å². The average molecular weight is 374 g/mol. The van der Waals surface area contributed by atoms with Crippen LogP contribution in [0.25, 0.3) is 0 Å². The van der Waals surface area contributed by atoms with E-state index >= 15 is 0 Å². The van der Waals surface area contributed by atoms with Gasteiger partial charge in [-0.2, -0.15) is 14.9 Å². The van der Waals surface area contributed by atoms with E-state index in [1.807, 2.05) is 12.1 Å². The Morgan fingerprint density at radius 3 is 1.89 bits per heavy atom. The highest BCUT2D eigenvalue weighted by molar-refractivity contribution is 5.80. The molecule has 0 aliphatic rings. The molecule has 0 atom stereocenters. The van der Waals surface area contributed by atoms with Crippen molar-refractivity contribution in [2.45, 2.75) is 39.5 Å². The van der Waals surface area contributed by atoms with Crippen molar-refractivity contribution in [2.75, 3.05) is 5.43 Å². The molecule has 1 heterocycles. The van der Waals surface area contributed by atoms with Gasteiger partial charge >= 0.3 is 0 Å². The van der Waals surface area contributed by atoms with Crippen LogP contribution in [0.3, 0.4) is 0 Å². The standard InChI is InChI=1S/C22H26N6/c1-16(2)20-9-5-18(6-10-20)13-23-26-22-27-24-15-28(22)25-14-19-7-11-21(12-8-19)17(3)4/h5-17H,1-4H3,(H,26,27)/b23-13-,25-14+. The number of hydrogen-bond donors (Lipinski definition) is 1. The summed E-state index contributed by atoms with van der Waals surface area (Å²) in [5.41, 5.74) is 7.52. The molecule has 0 radical (unpaired) electrons. The van der Waals surface area contributed by atoms with E-state index in [0.717, 1.165) is 11.1 Å². The third-order valence-electron chi connectivity index (χ3n) is 4.45. The minimum absolute atomic E-state index is 0.449. The lowest BCUT2D eigenvalue weighted by Gasteiger charge is -2.05. The Morgan fingerprint density at radius 1 is 0.821 bits per heavy atom. The van der Waals surface area contributed by atoms with Gasteiger partial charge in [-0.15, -0.1) is 10.2 Å². The quantitative estimate of drug-likeness (QED) is 0.475. The van der Waals surface area contributed by atoms with Crippen LogP contribution in [-0.4, -0.2) is 27.3 Å². The zero-order valence-electron chi connectivity index (χ0n) is 16.7. The lowest BCUT2D eigenvalue weighted by molar-refractivity contribution is 0.866. The Morgan fingerprint density at radius 2 is 1.36 bits per heavy atom. The normalized spacial score (nSPS) is 11.9. The average Bonchev–Trinajstić information content (AvgIpc) is 3.14. The number of hydrogen-bond acceptors (Lipinski definition) is 5. The molecule has 6 heteroatoms. The van der Waals surface area contributed by atoms with Gasteiger partial charge in [-0.1, -0.05) is 76.2 Å². The first-order valence-electron chi connectivity index (χ1n) is 9.46. The predicted octanol–water partition coefficient (Wildman–Crippen LogP) is 4.85. The maximum Gasteiger partial charge on any atom is 0.265 e. The molecule has 144 valence electrons. The molecule has 0 amide bonds. The summed E-state index contributed by atoms with van der Waals surface area (Å²) in [5.74, 6) is 1.48. The Hall–Kier alpha value is -3.28. The second-order valence-corrected chi connectivity index (χ2v) is 7.26. The minimum Gasteiger partial charge on any atom is -0.244 e. The number of rotatable bonds is 7. The van der Waals surface area contributed by atoms with Crippen molar-refractivity contribution in [3.05, 3.63) is 77.1 Å². The fraction of sp³-hybridized carbons (Fsp3) is 0.273. The van der Waals surface area contributed by atoms with Crippen molar-refractivity contribution in [1.29, 1.82) is 0 Å². The van der Waals surface area contributed by atoms with Gasteiger partial charge in [0.2, 0.25) is 0 Å². The first-order valence-corrected chi connectivity index (χ1v) is 9.46. The highest BCUT2D eigenvalue weighted by Gasteiger charge is 2.02. The molecular formula is C22H26N6. The topological polar surface area (TPSA) is 67.5 Å². The molecule has 0 bridgehead atoms. The van der Waals surface area contributed by atoms with Crippen molar-refractivity contribution in [3.8, 4) is 0 Å². The molecule has 6 nitrogen and oxygen atoms in total. The molecule has 0 spiro atoms. The second kappa shape index (κ2) is 9.08. The summed E-state index contributed by atoms with van der Waals surface area (Å²) in [6, 6.07) is 16.7. The molecule has 1 N–H and O–H groups in total. The molecule has 0 fully saturated rings. The lowest BCUT2D eigenvalue weighted by atomic mass is 10.0. The molecule has 0 aliphatic heterocycles. The number of aromatic nitrogens is 3. The Kier molecular flexibility index (Phi) is 6.32. The van der Waals surface area contributed by atoms with Gasteiger partial charge in [0.1, 0.15) is 6.33 Å². The summed E-state index contributed by atoms with van der Waals surface area (Å²) < 4.78 is 1.55. The van der Waals surface area contributed by atoms with E-state index in [9.17, 15) is 0 Å². The number of nitrogens with one attached hydrogen (secondary N) is 1. The van der Waals surface area contributed by atoms with E-state index in [-0.39, 0.29) is 0 Å². The van der Waals surface area contributed by atoms with Gasteiger partial charge in [-0.05, 0) is 34.1 Å². The van der Waals surface area contributed by atoms with Crippen LogP contribution in [0.1, 0.15) is 61.8 Å². The number of benzene rings is 2. The first-order chi connectivity index (χ1) is 13.5. The van der Waals surface area contributed by atoms with Crippen molar-refractivity contribution in [3.63, 3.8) is 0 Å². The fourth-order valence-electron chi connectivity index (χ4n) is 2.62. The maximum absolute atomic E-state index is 4.40. The van der Waals surface area contributed by atoms with E-state index in [4.69, 9.17) is 0 Å². The number of nitrogens with zero attached hydrogens (tertiary/aromatic N) is 5. The third-order valence-corrected chi connectivity index (χ3v) is 4.45. The van der Waals surface area contributed by atoms with Crippen LogP contribution in [0, 0.1) is 0 Å². The molecule has 0 unspecified atom stereocenters. The van der Waals surface area contributed by atoms with Gasteiger partial charge in [-0.3, -0.25) is 0 Å². The second-order valence-electron chi connectivity index (χ2n) is 7.26. The third kappa shape index (κ3) is 5.13. The monoisotopic (exact) mass is 374 g/mol. The molecular weight excluding hydrogens is 348 g/mol. The van der Waals surface area contributed by atoms with E-state index in [2.05, 4.69) is 89.9 Å². The smallest absolute Gasteiger partial charge is 0.244 e. The SMILES string of the molecule is CC(C)c1ccc(/C=N\Nc2nncn2/N=C/c2ccc(C(C)C)cc2)cc1. The molecule has 2 aromatic carbocycles. The fourth-order valence-corrected chi connectivity index (χ4v) is 2.62. The first kappa shape index (κ1) is 19.5. The number of anilines is 1. The Bertz CT molecular complexity index is 934. The highest BCUT2D eigenvalue weighted by atomic mass is 15.5. The Balaban J connectivity index is 1.63. The largest absolute Gasteiger partial charge is 0.265 e. The maximum atomic E-state index is 4.40. The summed E-state index contributed by atoms with van der Waals surface area (Å²) in [4.78, 5) is 0. The summed E-state index contributed by atoms with van der Waals surface area (Å²) in [6.07, 6.45) is 5.05. The van der Waals surface area contributed by atoms with Crippen LogP contribution < -0.4 is 5.43 Å². The van der Waals surface area contributed by atoms with Crippen molar-refractivity contribution >= 4 is 18.4 Å². The van der Waals surface area contributed by atoms with Gasteiger partial charge in [-0.25, -0.2) is 5.43 Å². The van der Waals surface area contributed by atoms with E-state index < -0.39 is 0 Å². The van der Waals surface area contributed by atoms with Crippen LogP contribution in [0.4, 0.5) is 5.95 Å². The molecule has 28 heavy (non-hydrogen) atoms. The summed E-state index contributed by atoms with van der Waals surface area (Å²) in [6.45, 7) is 8.71. The van der Waals surface area contributed by atoms with Crippen LogP contribution >= 0.6 is 0 Å². The number of hydrazone groups is 1. The van der Waals surface area contributed by atoms with Crippen molar-refractivity contribution in [2.24, 2.45) is 10.2 Å². The van der Waals surface area contributed by atoms with E-state index in [1.165, 1.54) is 17.5 Å². The van der Waals surface area contributed by atoms with Crippen LogP contribution in [0.5, 0.6) is 0 Å². The van der Waals surface area contributed by atoms with Crippen LogP contribution in [0.15, 0.2) is 65.1 Å². The van der Waals surface area contributed by atoms with E-state index in [1.54, 1.807) is 17.1 Å². The molecule has 0 saturated heterocycles. The summed E-state index contributed by atoms with van der Waals surface area (Å²) >= 11 is 0. The summed E-state index contributed by atoms with van der Waals surface area (Å²) in [5, 5.41) is 16.5. The summed E-state index contributed by atoms with van der Waals surface area (Å²) in [7, 11) is 0. The van der Waals surface area contributed by atoms with Crippen LogP contribution in [-0.2, 0) is 0 Å². The molecule has 0 aliphatic carbocycles. The predicted molar refractivity (Wildman–Crippen MR) is 115 cm³/mol. The van der Waals surface area contributed by atoms with Gasteiger partial charge in [0.25, 0.3) is 5.95 Å². The lowest BCUT2D eigenvalue weighted by Crippen LogP contribution is -1.99. The van der Waals surface area contributed by atoms with E-state index in [0.29, 0.717) is 17.8 Å². The van der Waals surface area contributed by atoms with Crippen LogP contribution in [0.2, 0.25) is 0 Å². The molecule has 3 aromatic rings. The van der Waals surface area contributed by atoms with Crippen molar-refractivity contribution < 1.29 is 0 Å². The highest BCUT2D eigenvalue weighted by Crippen LogP contribution is 2.15. The molecule has 1 aromatic heterocycles. The van der Waals surface area contributed by atoms with Gasteiger partial charge in [0, 0.05) is 0 Å². The van der Waals surface area contributed by atoms with Crippen molar-refractivity contribution in [1.82, 2.24) is 14.9 Å². The molecule has 0 saturated carbocycles. The van der Waals surface area contributed by atoms with Gasteiger partial charge in [0.05, 0.1) is 12.4 Å². The zero-order chi connectivity index (χ0) is 19.9.